The van der Waals surface area contributed by atoms with Crippen molar-refractivity contribution in [1.29, 1.82) is 0 Å². The molecule has 0 saturated carbocycles. The summed E-state index contributed by atoms with van der Waals surface area (Å²) >= 11 is 0. The molecule has 0 atom stereocenters. The standard InChI is InChI=1S/C15H16F3N3O4/c1-8-4-11(10(3)21(8)7-15(16,17)18)14(23)24-6-13(22)19-12-5-9(2)25-20-12/h4-5H,6-7H2,1-3H3,(H,19,20,22). The molecule has 0 aromatic carbocycles. The molecule has 0 saturated heterocycles. The second kappa shape index (κ2) is 6.99. The molecule has 1 N–H and O–H groups in total. The van der Waals surface area contributed by atoms with Gasteiger partial charge in [0.05, 0.1) is 5.56 Å². The minimum absolute atomic E-state index is 0.0215. The largest absolute Gasteiger partial charge is 0.452 e. The van der Waals surface area contributed by atoms with Gasteiger partial charge < -0.3 is 19.1 Å². The highest BCUT2D eigenvalue weighted by Gasteiger charge is 2.30. The number of nitrogens with one attached hydrogen (secondary N) is 1. The molecule has 136 valence electrons. The third-order valence-electron chi connectivity index (χ3n) is 3.36. The smallest absolute Gasteiger partial charge is 0.406 e. The highest BCUT2D eigenvalue weighted by atomic mass is 19.4. The van der Waals surface area contributed by atoms with Crippen LogP contribution in [0.15, 0.2) is 16.7 Å². The molecule has 0 bridgehead atoms. The minimum atomic E-state index is -4.41. The normalized spacial score (nSPS) is 11.4. The van der Waals surface area contributed by atoms with E-state index >= 15 is 0 Å². The number of alkyl halides is 3. The second-order valence-electron chi connectivity index (χ2n) is 5.43. The molecule has 0 unspecified atom stereocenters. The van der Waals surface area contributed by atoms with Crippen molar-refractivity contribution in [2.75, 3.05) is 11.9 Å². The third kappa shape index (κ3) is 4.85. The SMILES string of the molecule is Cc1cc(NC(=O)COC(=O)c2cc(C)n(CC(F)(F)F)c2C)no1. The Bertz CT molecular complexity index is 793. The molecular formula is C15H16F3N3O4. The second-order valence-corrected chi connectivity index (χ2v) is 5.43. The number of ether oxygens (including phenoxy) is 1. The summed E-state index contributed by atoms with van der Waals surface area (Å²) in [6.07, 6.45) is -4.41. The predicted molar refractivity (Wildman–Crippen MR) is 80.1 cm³/mol. The average molecular weight is 359 g/mol. The van der Waals surface area contributed by atoms with Crippen molar-refractivity contribution >= 4 is 17.7 Å². The van der Waals surface area contributed by atoms with Gasteiger partial charge >= 0.3 is 12.1 Å². The fourth-order valence-electron chi connectivity index (χ4n) is 2.24. The van der Waals surface area contributed by atoms with Crippen LogP contribution >= 0.6 is 0 Å². The van der Waals surface area contributed by atoms with Crippen LogP contribution in [0.2, 0.25) is 0 Å². The minimum Gasteiger partial charge on any atom is -0.452 e. The number of amides is 1. The van der Waals surface area contributed by atoms with Gasteiger partial charge in [0.1, 0.15) is 12.3 Å². The molecule has 0 aliphatic carbocycles. The number of halogens is 3. The van der Waals surface area contributed by atoms with E-state index in [4.69, 9.17) is 9.26 Å². The van der Waals surface area contributed by atoms with Gasteiger partial charge in [0.15, 0.2) is 12.4 Å². The number of carbonyl (C=O) groups excluding carboxylic acids is 2. The van der Waals surface area contributed by atoms with E-state index in [1.54, 1.807) is 6.92 Å². The Labute approximate surface area is 140 Å². The van der Waals surface area contributed by atoms with Crippen molar-refractivity contribution in [2.45, 2.75) is 33.5 Å². The Morgan fingerprint density at radius 2 is 1.96 bits per heavy atom. The number of anilines is 1. The van der Waals surface area contributed by atoms with Gasteiger partial charge in [0.25, 0.3) is 5.91 Å². The summed E-state index contributed by atoms with van der Waals surface area (Å²) in [5.74, 6) is -0.870. The molecule has 25 heavy (non-hydrogen) atoms. The van der Waals surface area contributed by atoms with Crippen LogP contribution < -0.4 is 5.32 Å². The van der Waals surface area contributed by atoms with Crippen molar-refractivity contribution in [1.82, 2.24) is 9.72 Å². The summed E-state index contributed by atoms with van der Waals surface area (Å²) in [5, 5.41) is 5.90. The number of hydrogen-bond donors (Lipinski definition) is 1. The zero-order valence-electron chi connectivity index (χ0n) is 13.7. The van der Waals surface area contributed by atoms with Crippen molar-refractivity contribution in [3.63, 3.8) is 0 Å². The first kappa shape index (κ1) is 18.6. The first-order chi connectivity index (χ1) is 11.6. The molecule has 0 aliphatic rings. The topological polar surface area (TPSA) is 86.4 Å². The fraction of sp³-hybridized carbons (Fsp3) is 0.400. The van der Waals surface area contributed by atoms with Crippen molar-refractivity contribution < 1.29 is 32.0 Å². The van der Waals surface area contributed by atoms with Crippen LogP contribution in [0.25, 0.3) is 0 Å². The molecule has 0 spiro atoms. The maximum absolute atomic E-state index is 12.6. The summed E-state index contributed by atoms with van der Waals surface area (Å²) in [6, 6.07) is 2.77. The van der Waals surface area contributed by atoms with Gasteiger partial charge in [0.2, 0.25) is 0 Å². The van der Waals surface area contributed by atoms with Crippen molar-refractivity contribution in [3.05, 3.63) is 34.8 Å². The maximum Gasteiger partial charge on any atom is 0.406 e. The Balaban J connectivity index is 1.99. The molecule has 1 amide bonds. The van der Waals surface area contributed by atoms with Crippen LogP contribution in [-0.2, 0) is 16.1 Å². The molecule has 2 aromatic heterocycles. The molecule has 0 fully saturated rings. The molecule has 0 radical (unpaired) electrons. The van der Waals surface area contributed by atoms with Crippen LogP contribution in [0, 0.1) is 20.8 Å². The number of rotatable bonds is 5. The Morgan fingerprint density at radius 1 is 1.28 bits per heavy atom. The number of carbonyl (C=O) groups is 2. The molecule has 10 heteroatoms. The van der Waals surface area contributed by atoms with Crippen LogP contribution in [0.3, 0.4) is 0 Å². The number of nitrogens with zero attached hydrogens (tertiary/aromatic N) is 2. The van der Waals surface area contributed by atoms with Crippen molar-refractivity contribution in [2.24, 2.45) is 0 Å². The number of hydrogen-bond acceptors (Lipinski definition) is 5. The summed E-state index contributed by atoms with van der Waals surface area (Å²) in [5.41, 5.74) is 0.364. The molecule has 2 heterocycles. The summed E-state index contributed by atoms with van der Waals surface area (Å²) in [4.78, 5) is 23.7. The molecule has 0 aliphatic heterocycles. The zero-order chi connectivity index (χ0) is 18.8. The third-order valence-corrected chi connectivity index (χ3v) is 3.36. The van der Waals surface area contributed by atoms with E-state index in [2.05, 4.69) is 10.5 Å². The lowest BCUT2D eigenvalue weighted by molar-refractivity contribution is -0.141. The fourth-order valence-corrected chi connectivity index (χ4v) is 2.24. The lowest BCUT2D eigenvalue weighted by Crippen LogP contribution is -2.22. The number of aromatic nitrogens is 2. The van der Waals surface area contributed by atoms with E-state index in [0.29, 0.717) is 5.76 Å². The first-order valence-electron chi connectivity index (χ1n) is 7.20. The molecule has 7 nitrogen and oxygen atoms in total. The van der Waals surface area contributed by atoms with Crippen LogP contribution in [0.5, 0.6) is 0 Å². The van der Waals surface area contributed by atoms with Crippen LogP contribution in [-0.4, -0.2) is 34.4 Å². The quantitative estimate of drug-likeness (QED) is 0.830. The first-order valence-corrected chi connectivity index (χ1v) is 7.20. The van der Waals surface area contributed by atoms with E-state index in [9.17, 15) is 22.8 Å². The summed E-state index contributed by atoms with van der Waals surface area (Å²) < 4.78 is 48.3. The van der Waals surface area contributed by atoms with Gasteiger partial charge in [-0.3, -0.25) is 4.79 Å². The Morgan fingerprint density at radius 3 is 2.52 bits per heavy atom. The Hall–Kier alpha value is -2.78. The zero-order valence-corrected chi connectivity index (χ0v) is 13.7. The van der Waals surface area contributed by atoms with E-state index in [0.717, 1.165) is 4.57 Å². The highest BCUT2D eigenvalue weighted by molar-refractivity contribution is 5.95. The lowest BCUT2D eigenvalue weighted by Gasteiger charge is -2.12. The lowest BCUT2D eigenvalue weighted by atomic mass is 10.2. The van der Waals surface area contributed by atoms with Gasteiger partial charge in [-0.2, -0.15) is 13.2 Å². The highest BCUT2D eigenvalue weighted by Crippen LogP contribution is 2.23. The predicted octanol–water partition coefficient (Wildman–Crippen LogP) is 2.76. The molecular weight excluding hydrogens is 343 g/mol. The maximum atomic E-state index is 12.6. The van der Waals surface area contributed by atoms with E-state index in [1.165, 1.54) is 26.0 Å². The summed E-state index contributed by atoms with van der Waals surface area (Å²) in [7, 11) is 0. The monoisotopic (exact) mass is 359 g/mol. The molecule has 2 rings (SSSR count). The van der Waals surface area contributed by atoms with Gasteiger partial charge in [0, 0.05) is 17.5 Å². The average Bonchev–Trinajstić information content (AvgIpc) is 3.01. The van der Waals surface area contributed by atoms with Gasteiger partial charge in [-0.25, -0.2) is 4.79 Å². The van der Waals surface area contributed by atoms with E-state index in [1.807, 2.05) is 0 Å². The molecule has 2 aromatic rings. The summed E-state index contributed by atoms with van der Waals surface area (Å²) in [6.45, 7) is 2.67. The number of aryl methyl sites for hydroxylation is 2. The van der Waals surface area contributed by atoms with Crippen LogP contribution in [0.4, 0.5) is 19.0 Å². The van der Waals surface area contributed by atoms with Gasteiger partial charge in [-0.1, -0.05) is 5.16 Å². The van der Waals surface area contributed by atoms with E-state index in [-0.39, 0.29) is 22.8 Å². The van der Waals surface area contributed by atoms with Crippen molar-refractivity contribution in [3.8, 4) is 0 Å². The van der Waals surface area contributed by atoms with Gasteiger partial charge in [-0.05, 0) is 26.8 Å². The Kier molecular flexibility index (Phi) is 5.19. The van der Waals surface area contributed by atoms with Crippen LogP contribution in [0.1, 0.15) is 27.5 Å². The van der Waals surface area contributed by atoms with Gasteiger partial charge in [-0.15, -0.1) is 0 Å². The van der Waals surface area contributed by atoms with E-state index < -0.39 is 31.2 Å². The number of esters is 1.